The molecule has 2 amide bonds. The number of carbonyl (C=O) groups excluding carboxylic acids is 1. The van der Waals surface area contributed by atoms with Gasteiger partial charge in [0, 0.05) is 19.7 Å². The third-order valence-electron chi connectivity index (χ3n) is 2.88. The summed E-state index contributed by atoms with van der Waals surface area (Å²) in [6, 6.07) is -0.298. The molecule has 0 radical (unpaired) electrons. The minimum atomic E-state index is -0.902. The molecule has 2 N–H and O–H groups in total. The van der Waals surface area contributed by atoms with Crippen LogP contribution in [0.3, 0.4) is 0 Å². The Kier molecular flexibility index (Phi) is 8.95. The molecular weight excluding hydrogens is 248 g/mol. The lowest BCUT2D eigenvalue weighted by atomic mass is 10.1. The largest absolute Gasteiger partial charge is 0.481 e. The number of aliphatic carboxylic acids is 1. The fraction of sp³-hybridized carbons (Fsp3) is 0.846. The van der Waals surface area contributed by atoms with E-state index in [1.54, 1.807) is 0 Å². The predicted molar refractivity (Wildman–Crippen MR) is 73.2 cm³/mol. The van der Waals surface area contributed by atoms with Crippen molar-refractivity contribution < 1.29 is 19.4 Å². The maximum atomic E-state index is 12.0. The first kappa shape index (κ1) is 17.7. The second kappa shape index (κ2) is 9.61. The Labute approximate surface area is 115 Å². The van der Waals surface area contributed by atoms with Gasteiger partial charge in [-0.2, -0.15) is 0 Å². The van der Waals surface area contributed by atoms with Crippen LogP contribution >= 0.6 is 0 Å². The second-order valence-corrected chi connectivity index (χ2v) is 4.68. The standard InChI is InChI=1S/C13H26N2O4/c1-5-15(8-7-12(16)17)13(18)14-11(10(3)4)9-19-6-2/h10-11H,5-9H2,1-4H3,(H,14,18)(H,16,17). The number of hydrogen-bond donors (Lipinski definition) is 2. The van der Waals surface area contributed by atoms with Gasteiger partial charge in [0.05, 0.1) is 19.1 Å². The van der Waals surface area contributed by atoms with Crippen molar-refractivity contribution in [1.29, 1.82) is 0 Å². The smallest absolute Gasteiger partial charge is 0.317 e. The molecule has 0 aromatic rings. The number of carboxylic acid groups (broad SMARTS) is 1. The van der Waals surface area contributed by atoms with Crippen LogP contribution in [0.15, 0.2) is 0 Å². The number of hydrogen-bond acceptors (Lipinski definition) is 3. The molecule has 0 rings (SSSR count). The minimum absolute atomic E-state index is 0.0426. The number of carboxylic acids is 1. The summed E-state index contributed by atoms with van der Waals surface area (Å²) in [6.45, 7) is 9.54. The lowest BCUT2D eigenvalue weighted by Gasteiger charge is -2.27. The van der Waals surface area contributed by atoms with Crippen molar-refractivity contribution in [2.75, 3.05) is 26.3 Å². The summed E-state index contributed by atoms with van der Waals surface area (Å²) < 4.78 is 5.34. The van der Waals surface area contributed by atoms with Gasteiger partial charge in [-0.15, -0.1) is 0 Å². The number of urea groups is 1. The van der Waals surface area contributed by atoms with Crippen LogP contribution in [0.2, 0.25) is 0 Å². The highest BCUT2D eigenvalue weighted by atomic mass is 16.5. The predicted octanol–water partition coefficient (Wildman–Crippen LogP) is 1.55. The summed E-state index contributed by atoms with van der Waals surface area (Å²) >= 11 is 0. The van der Waals surface area contributed by atoms with E-state index < -0.39 is 5.97 Å². The van der Waals surface area contributed by atoms with Crippen LogP contribution in [-0.4, -0.2) is 54.4 Å². The quantitative estimate of drug-likeness (QED) is 0.668. The van der Waals surface area contributed by atoms with E-state index in [0.29, 0.717) is 19.8 Å². The third-order valence-corrected chi connectivity index (χ3v) is 2.88. The van der Waals surface area contributed by atoms with Crippen molar-refractivity contribution in [2.24, 2.45) is 5.92 Å². The van der Waals surface area contributed by atoms with Crippen LogP contribution in [0.4, 0.5) is 4.79 Å². The molecule has 0 aromatic heterocycles. The van der Waals surface area contributed by atoms with Crippen LogP contribution < -0.4 is 5.32 Å². The van der Waals surface area contributed by atoms with E-state index in [-0.39, 0.29) is 31.0 Å². The molecule has 0 saturated heterocycles. The van der Waals surface area contributed by atoms with Crippen LogP contribution in [0.5, 0.6) is 0 Å². The molecule has 0 fully saturated rings. The van der Waals surface area contributed by atoms with Crippen molar-refractivity contribution in [3.05, 3.63) is 0 Å². The van der Waals surface area contributed by atoms with E-state index in [4.69, 9.17) is 9.84 Å². The Bertz CT molecular complexity index is 282. The molecule has 0 aliphatic heterocycles. The molecule has 0 bridgehead atoms. The first-order valence-corrected chi connectivity index (χ1v) is 6.77. The van der Waals surface area contributed by atoms with Crippen molar-refractivity contribution in [1.82, 2.24) is 10.2 Å². The summed E-state index contributed by atoms with van der Waals surface area (Å²) in [5, 5.41) is 11.5. The zero-order valence-corrected chi connectivity index (χ0v) is 12.3. The van der Waals surface area contributed by atoms with Crippen LogP contribution in [0.25, 0.3) is 0 Å². The SMILES string of the molecule is CCOCC(NC(=O)N(CC)CCC(=O)O)C(C)C. The van der Waals surface area contributed by atoms with Gasteiger partial charge in [0.1, 0.15) is 0 Å². The summed E-state index contributed by atoms with van der Waals surface area (Å²) in [4.78, 5) is 24.1. The van der Waals surface area contributed by atoms with Gasteiger partial charge < -0.3 is 20.1 Å². The normalized spacial score (nSPS) is 12.3. The Morgan fingerprint density at radius 3 is 2.37 bits per heavy atom. The van der Waals surface area contributed by atoms with Gasteiger partial charge in [0.15, 0.2) is 0 Å². The molecule has 112 valence electrons. The molecule has 1 unspecified atom stereocenters. The number of amides is 2. The van der Waals surface area contributed by atoms with Gasteiger partial charge in [-0.05, 0) is 19.8 Å². The Balaban J connectivity index is 4.37. The summed E-state index contributed by atoms with van der Waals surface area (Å²) in [5.74, 6) is -0.644. The highest BCUT2D eigenvalue weighted by molar-refractivity contribution is 5.75. The van der Waals surface area contributed by atoms with E-state index in [1.807, 2.05) is 27.7 Å². The summed E-state index contributed by atoms with van der Waals surface area (Å²) in [6.07, 6.45) is -0.0426. The second-order valence-electron chi connectivity index (χ2n) is 4.68. The molecule has 0 aliphatic carbocycles. The van der Waals surface area contributed by atoms with E-state index in [1.165, 1.54) is 4.90 Å². The molecule has 6 nitrogen and oxygen atoms in total. The van der Waals surface area contributed by atoms with E-state index in [9.17, 15) is 9.59 Å². The summed E-state index contributed by atoms with van der Waals surface area (Å²) in [7, 11) is 0. The highest BCUT2D eigenvalue weighted by Crippen LogP contribution is 2.04. The average molecular weight is 274 g/mol. The van der Waals surface area contributed by atoms with Gasteiger partial charge in [-0.25, -0.2) is 4.79 Å². The minimum Gasteiger partial charge on any atom is -0.481 e. The first-order valence-electron chi connectivity index (χ1n) is 6.77. The Morgan fingerprint density at radius 2 is 1.95 bits per heavy atom. The van der Waals surface area contributed by atoms with E-state index in [0.717, 1.165) is 0 Å². The zero-order valence-electron chi connectivity index (χ0n) is 12.3. The highest BCUT2D eigenvalue weighted by Gasteiger charge is 2.20. The van der Waals surface area contributed by atoms with Gasteiger partial charge >= 0.3 is 12.0 Å². The number of nitrogens with one attached hydrogen (secondary N) is 1. The van der Waals surface area contributed by atoms with Crippen LogP contribution in [0, 0.1) is 5.92 Å². The van der Waals surface area contributed by atoms with Gasteiger partial charge in [-0.1, -0.05) is 13.8 Å². The maximum absolute atomic E-state index is 12.0. The number of ether oxygens (including phenoxy) is 1. The molecule has 1 atom stereocenters. The number of rotatable bonds is 9. The number of carbonyl (C=O) groups is 2. The fourth-order valence-corrected chi connectivity index (χ4v) is 1.53. The fourth-order valence-electron chi connectivity index (χ4n) is 1.53. The zero-order chi connectivity index (χ0) is 14.8. The maximum Gasteiger partial charge on any atom is 0.317 e. The van der Waals surface area contributed by atoms with Crippen molar-refractivity contribution in [3.8, 4) is 0 Å². The van der Waals surface area contributed by atoms with E-state index in [2.05, 4.69) is 5.32 Å². The molecule has 0 spiro atoms. The average Bonchev–Trinajstić information content (AvgIpc) is 2.34. The molecule has 0 heterocycles. The Hall–Kier alpha value is -1.30. The van der Waals surface area contributed by atoms with Gasteiger partial charge in [0.2, 0.25) is 0 Å². The molecule has 0 aliphatic rings. The van der Waals surface area contributed by atoms with Gasteiger partial charge in [0.25, 0.3) is 0 Å². The van der Waals surface area contributed by atoms with Crippen LogP contribution in [0.1, 0.15) is 34.1 Å². The topological polar surface area (TPSA) is 78.9 Å². The van der Waals surface area contributed by atoms with Gasteiger partial charge in [-0.3, -0.25) is 4.79 Å². The van der Waals surface area contributed by atoms with Crippen molar-refractivity contribution >= 4 is 12.0 Å². The molecule has 19 heavy (non-hydrogen) atoms. The first-order chi connectivity index (χ1) is 8.92. The lowest BCUT2D eigenvalue weighted by molar-refractivity contribution is -0.137. The lowest BCUT2D eigenvalue weighted by Crippen LogP contribution is -2.49. The molecule has 0 aromatic carbocycles. The number of nitrogens with zero attached hydrogens (tertiary/aromatic N) is 1. The van der Waals surface area contributed by atoms with Crippen molar-refractivity contribution in [3.63, 3.8) is 0 Å². The molecule has 6 heteroatoms. The third kappa shape index (κ3) is 7.66. The monoisotopic (exact) mass is 274 g/mol. The molecule has 0 saturated carbocycles. The van der Waals surface area contributed by atoms with E-state index >= 15 is 0 Å². The molecular formula is C13H26N2O4. The van der Waals surface area contributed by atoms with Crippen LogP contribution in [-0.2, 0) is 9.53 Å². The summed E-state index contributed by atoms with van der Waals surface area (Å²) in [5.41, 5.74) is 0. The Morgan fingerprint density at radius 1 is 1.32 bits per heavy atom. The van der Waals surface area contributed by atoms with Crippen molar-refractivity contribution in [2.45, 2.75) is 40.2 Å².